The van der Waals surface area contributed by atoms with Crippen molar-refractivity contribution in [2.45, 2.75) is 26.4 Å². The van der Waals surface area contributed by atoms with Crippen molar-refractivity contribution in [1.29, 1.82) is 0 Å². The van der Waals surface area contributed by atoms with Crippen molar-refractivity contribution in [3.05, 3.63) is 58.7 Å². The Bertz CT molecular complexity index is 1130. The van der Waals surface area contributed by atoms with Gasteiger partial charge in [0.05, 0.1) is 18.7 Å². The Morgan fingerprint density at radius 2 is 2.00 bits per heavy atom. The lowest BCUT2D eigenvalue weighted by molar-refractivity contribution is -0.138. The zero-order chi connectivity index (χ0) is 25.0. The molecular weight excluding hydrogens is 445 g/mol. The monoisotopic (exact) mass is 471 g/mol. The summed E-state index contributed by atoms with van der Waals surface area (Å²) >= 11 is 0. The van der Waals surface area contributed by atoms with Crippen molar-refractivity contribution in [3.63, 3.8) is 0 Å². The topological polar surface area (TPSA) is 109 Å². The van der Waals surface area contributed by atoms with E-state index in [2.05, 4.69) is 4.98 Å². The molecular formula is C24H26FN3O6. The van der Waals surface area contributed by atoms with Gasteiger partial charge in [0.2, 0.25) is 6.41 Å². The zero-order valence-electron chi connectivity index (χ0n) is 19.4. The fourth-order valence-corrected chi connectivity index (χ4v) is 3.52. The second-order valence-electron chi connectivity index (χ2n) is 7.90. The number of benzene rings is 1. The first-order valence-electron chi connectivity index (χ1n) is 10.6. The highest BCUT2D eigenvalue weighted by Crippen LogP contribution is 2.41. The predicted octanol–water partition coefficient (Wildman–Crippen LogP) is 2.48. The van der Waals surface area contributed by atoms with Gasteiger partial charge >= 0.3 is 5.97 Å². The molecule has 1 N–H and O–H groups in total. The second-order valence-corrected chi connectivity index (χ2v) is 7.90. The van der Waals surface area contributed by atoms with Gasteiger partial charge in [-0.05, 0) is 31.5 Å². The number of hydrogen-bond acceptors (Lipinski definition) is 7. The molecule has 2 heterocycles. The van der Waals surface area contributed by atoms with Gasteiger partial charge < -0.3 is 24.4 Å². The number of pyridine rings is 1. The smallest absolute Gasteiger partial charge is 0.337 e. The number of nitrogens with zero attached hydrogens (tertiary/aromatic N) is 3. The fourth-order valence-electron chi connectivity index (χ4n) is 3.52. The molecule has 1 aromatic heterocycles. The molecule has 3 rings (SSSR count). The maximum Gasteiger partial charge on any atom is 0.337 e. The van der Waals surface area contributed by atoms with Crippen molar-refractivity contribution in [3.8, 4) is 5.75 Å². The number of amides is 2. The molecule has 0 saturated carbocycles. The Kier molecular flexibility index (Phi) is 7.50. The first kappa shape index (κ1) is 24.7. The Morgan fingerprint density at radius 1 is 1.32 bits per heavy atom. The van der Waals surface area contributed by atoms with Crippen LogP contribution < -0.4 is 9.64 Å². The molecule has 10 heteroatoms. The van der Waals surface area contributed by atoms with Gasteiger partial charge in [-0.15, -0.1) is 0 Å². The van der Waals surface area contributed by atoms with E-state index < -0.39 is 17.8 Å². The summed E-state index contributed by atoms with van der Waals surface area (Å²) in [6.45, 7) is 3.01. The molecule has 0 aliphatic carbocycles. The van der Waals surface area contributed by atoms with Crippen LogP contribution in [0.5, 0.6) is 5.75 Å². The number of esters is 1. The number of likely N-dealkylation sites (N-methyl/N-ethyl adjacent to an activating group) is 1. The normalized spacial score (nSPS) is 15.6. The third-order valence-corrected chi connectivity index (χ3v) is 5.30. The minimum Gasteiger partial charge on any atom is -0.505 e. The van der Waals surface area contributed by atoms with Crippen molar-refractivity contribution < 1.29 is 33.4 Å². The van der Waals surface area contributed by atoms with Crippen LogP contribution >= 0.6 is 0 Å². The number of ether oxygens (including phenoxy) is 2. The zero-order valence-corrected chi connectivity index (χ0v) is 19.4. The number of fused-ring (bicyclic) bond motifs is 1. The average Bonchev–Trinajstić information content (AvgIpc) is 2.83. The van der Waals surface area contributed by atoms with Crippen LogP contribution in [0.25, 0.3) is 5.76 Å². The van der Waals surface area contributed by atoms with Gasteiger partial charge in [0.15, 0.2) is 17.6 Å². The lowest BCUT2D eigenvalue weighted by atomic mass is 10.0. The van der Waals surface area contributed by atoms with Crippen LogP contribution in [0.2, 0.25) is 0 Å². The largest absolute Gasteiger partial charge is 0.505 e. The van der Waals surface area contributed by atoms with Crippen LogP contribution in [0.3, 0.4) is 0 Å². The summed E-state index contributed by atoms with van der Waals surface area (Å²) < 4.78 is 24.3. The van der Waals surface area contributed by atoms with Gasteiger partial charge in [-0.3, -0.25) is 14.6 Å². The fraction of sp³-hybridized carbons (Fsp3) is 0.333. The number of carbonyl (C=O) groups excluding carboxylic acids is 3. The minimum absolute atomic E-state index is 0.0636. The molecule has 1 aliphatic rings. The van der Waals surface area contributed by atoms with Gasteiger partial charge in [-0.1, -0.05) is 12.1 Å². The summed E-state index contributed by atoms with van der Waals surface area (Å²) in [4.78, 5) is 43.7. The molecule has 0 saturated heterocycles. The van der Waals surface area contributed by atoms with E-state index in [9.17, 15) is 23.9 Å². The summed E-state index contributed by atoms with van der Waals surface area (Å²) in [5.41, 5.74) is 1.21. The molecule has 1 aromatic carbocycles. The van der Waals surface area contributed by atoms with Crippen LogP contribution in [0.1, 0.15) is 30.7 Å². The Hall–Kier alpha value is -3.95. The van der Waals surface area contributed by atoms with E-state index in [1.54, 1.807) is 33.2 Å². The van der Waals surface area contributed by atoms with Crippen LogP contribution in [0, 0.1) is 5.82 Å². The quantitative estimate of drug-likeness (QED) is 0.286. The van der Waals surface area contributed by atoms with Crippen LogP contribution in [-0.4, -0.2) is 66.6 Å². The predicted molar refractivity (Wildman–Crippen MR) is 122 cm³/mol. The summed E-state index contributed by atoms with van der Waals surface area (Å²) in [7, 11) is 3.14. The average molecular weight is 471 g/mol. The number of halogens is 1. The van der Waals surface area contributed by atoms with Crippen molar-refractivity contribution in [2.75, 3.05) is 32.1 Å². The standard InChI is InChI=1S/C24H26FN3O6/c1-5-33-24(32)14(2)21(30)19-20-22(34-18(12-28(20)13-29)23(31)27(3)4)16(11-26-19)10-15-6-8-17(25)9-7-15/h6-9,11,13,18,30H,5,10,12H2,1-4H3/b21-14-. The van der Waals surface area contributed by atoms with Crippen molar-refractivity contribution >= 4 is 29.7 Å². The number of aliphatic hydroxyl groups excluding tert-OH is 1. The van der Waals surface area contributed by atoms with E-state index in [-0.39, 0.29) is 54.0 Å². The minimum atomic E-state index is -0.993. The molecule has 1 atom stereocenters. The Balaban J connectivity index is 2.18. The van der Waals surface area contributed by atoms with Gasteiger partial charge in [-0.25, -0.2) is 9.18 Å². The molecule has 34 heavy (non-hydrogen) atoms. The molecule has 9 nitrogen and oxygen atoms in total. The lowest BCUT2D eigenvalue weighted by Gasteiger charge is -2.35. The molecule has 2 amide bonds. The van der Waals surface area contributed by atoms with E-state index in [0.717, 1.165) is 5.56 Å². The van der Waals surface area contributed by atoms with Gasteiger partial charge in [0, 0.05) is 32.3 Å². The molecule has 1 aliphatic heterocycles. The molecule has 180 valence electrons. The summed E-state index contributed by atoms with van der Waals surface area (Å²) in [6.07, 6.45) is 1.20. The molecule has 0 radical (unpaired) electrons. The SMILES string of the molecule is CCOC(=O)/C(C)=C(\O)c1ncc(Cc2ccc(F)cc2)c2c1N(C=O)CC(C(=O)N(C)C)O2. The Morgan fingerprint density at radius 3 is 2.59 bits per heavy atom. The second kappa shape index (κ2) is 10.3. The first-order valence-corrected chi connectivity index (χ1v) is 10.6. The molecule has 0 spiro atoms. The molecule has 2 aromatic rings. The van der Waals surface area contributed by atoms with E-state index in [1.807, 2.05) is 0 Å². The maximum atomic E-state index is 13.4. The highest BCUT2D eigenvalue weighted by Gasteiger charge is 2.36. The number of rotatable bonds is 7. The van der Waals surface area contributed by atoms with Crippen LogP contribution in [-0.2, 0) is 25.5 Å². The Labute approximate surface area is 196 Å². The van der Waals surface area contributed by atoms with E-state index in [1.165, 1.54) is 35.1 Å². The third-order valence-electron chi connectivity index (χ3n) is 5.30. The van der Waals surface area contributed by atoms with Crippen LogP contribution in [0.4, 0.5) is 10.1 Å². The highest BCUT2D eigenvalue weighted by atomic mass is 19.1. The number of carbonyl (C=O) groups is 3. The van der Waals surface area contributed by atoms with Gasteiger partial charge in [-0.2, -0.15) is 0 Å². The van der Waals surface area contributed by atoms with E-state index >= 15 is 0 Å². The molecule has 0 bridgehead atoms. The van der Waals surface area contributed by atoms with Gasteiger partial charge in [0.1, 0.15) is 17.2 Å². The van der Waals surface area contributed by atoms with Crippen LogP contribution in [0.15, 0.2) is 36.0 Å². The third kappa shape index (κ3) is 5.00. The molecule has 0 fully saturated rings. The number of aliphatic hydroxyl groups is 1. The highest BCUT2D eigenvalue weighted by molar-refractivity contribution is 5.98. The van der Waals surface area contributed by atoms with E-state index in [0.29, 0.717) is 12.0 Å². The number of aromatic nitrogens is 1. The van der Waals surface area contributed by atoms with Crippen molar-refractivity contribution in [1.82, 2.24) is 9.88 Å². The maximum absolute atomic E-state index is 13.4. The number of anilines is 1. The molecule has 1 unspecified atom stereocenters. The summed E-state index contributed by atoms with van der Waals surface area (Å²) in [5.74, 6) is -1.79. The van der Waals surface area contributed by atoms with Crippen molar-refractivity contribution in [2.24, 2.45) is 0 Å². The summed E-state index contributed by atoms with van der Waals surface area (Å²) in [6, 6.07) is 5.83. The van der Waals surface area contributed by atoms with Gasteiger partial charge in [0.25, 0.3) is 5.91 Å². The number of hydrogen-bond donors (Lipinski definition) is 1. The summed E-state index contributed by atoms with van der Waals surface area (Å²) in [5, 5.41) is 10.8. The van der Waals surface area contributed by atoms with E-state index in [4.69, 9.17) is 9.47 Å². The lowest BCUT2D eigenvalue weighted by Crippen LogP contribution is -2.48. The first-order chi connectivity index (χ1) is 16.2.